The molecule has 3 aromatic rings. The summed E-state index contributed by atoms with van der Waals surface area (Å²) in [4.78, 5) is 42.1. The Hall–Kier alpha value is -3.68. The van der Waals surface area contributed by atoms with E-state index in [0.717, 1.165) is 0 Å². The summed E-state index contributed by atoms with van der Waals surface area (Å²) in [7, 11) is 0. The van der Waals surface area contributed by atoms with Crippen molar-refractivity contribution in [2.24, 2.45) is 5.73 Å². The Morgan fingerprint density at radius 1 is 1.15 bits per heavy atom. The minimum absolute atomic E-state index is 0.258. The number of primary amides is 1. The van der Waals surface area contributed by atoms with Gasteiger partial charge in [-0.1, -0.05) is 12.1 Å². The van der Waals surface area contributed by atoms with E-state index in [1.165, 1.54) is 24.3 Å². The van der Waals surface area contributed by atoms with Gasteiger partial charge in [0, 0.05) is 5.69 Å². The van der Waals surface area contributed by atoms with Gasteiger partial charge in [0.05, 0.1) is 16.5 Å². The number of aromatic nitrogens is 2. The molecule has 0 radical (unpaired) electrons. The third kappa shape index (κ3) is 3.69. The van der Waals surface area contributed by atoms with Gasteiger partial charge in [-0.25, -0.2) is 14.6 Å². The molecule has 0 fully saturated rings. The molecule has 0 aliphatic rings. The number of rotatable bonds is 4. The van der Waals surface area contributed by atoms with Crippen LogP contribution in [0.1, 0.15) is 29.2 Å². The maximum absolute atomic E-state index is 12.3. The predicted molar refractivity (Wildman–Crippen MR) is 95.8 cm³/mol. The largest absolute Gasteiger partial charge is 0.451 e. The first-order valence-corrected chi connectivity index (χ1v) is 7.80. The van der Waals surface area contributed by atoms with E-state index in [2.05, 4.69) is 15.3 Å². The maximum Gasteiger partial charge on any atom is 0.338 e. The number of hydrogen-bond donors (Lipinski definition) is 3. The van der Waals surface area contributed by atoms with Crippen molar-refractivity contribution < 1.29 is 14.3 Å². The molecular formula is C18H16N4O4. The van der Waals surface area contributed by atoms with Crippen molar-refractivity contribution in [2.45, 2.75) is 13.0 Å². The van der Waals surface area contributed by atoms with E-state index in [4.69, 9.17) is 10.5 Å². The zero-order valence-electron chi connectivity index (χ0n) is 13.9. The lowest BCUT2D eigenvalue weighted by Crippen LogP contribution is -2.19. The molecule has 0 saturated heterocycles. The Balaban J connectivity index is 1.77. The van der Waals surface area contributed by atoms with Crippen LogP contribution in [0.2, 0.25) is 0 Å². The van der Waals surface area contributed by atoms with Crippen LogP contribution in [0, 0.1) is 0 Å². The number of anilines is 1. The van der Waals surface area contributed by atoms with Crippen LogP contribution in [0.25, 0.3) is 10.9 Å². The van der Waals surface area contributed by atoms with Crippen LogP contribution >= 0.6 is 0 Å². The standard InChI is InChI=1S/C18H16N4O4/c1-10(15-21-14-5-3-2-4-13(14)16(23)22-15)26-17(24)11-6-8-12(9-7-11)20-18(19)25/h2-10H,1H3,(H3,19,20,25)(H,21,22,23). The minimum atomic E-state index is -0.747. The smallest absolute Gasteiger partial charge is 0.338 e. The van der Waals surface area contributed by atoms with Crippen molar-refractivity contribution in [1.29, 1.82) is 0 Å². The third-order valence-electron chi connectivity index (χ3n) is 3.69. The van der Waals surface area contributed by atoms with E-state index in [1.54, 1.807) is 31.2 Å². The number of fused-ring (bicyclic) bond motifs is 1. The summed E-state index contributed by atoms with van der Waals surface area (Å²) in [5, 5.41) is 2.86. The number of amides is 2. The number of urea groups is 1. The lowest BCUT2D eigenvalue weighted by molar-refractivity contribution is 0.0320. The minimum Gasteiger partial charge on any atom is -0.451 e. The average molecular weight is 352 g/mol. The Morgan fingerprint density at radius 3 is 2.54 bits per heavy atom. The second-order valence-electron chi connectivity index (χ2n) is 5.58. The highest BCUT2D eigenvalue weighted by Gasteiger charge is 2.17. The average Bonchev–Trinajstić information content (AvgIpc) is 2.61. The summed E-state index contributed by atoms with van der Waals surface area (Å²) >= 11 is 0. The first kappa shape index (κ1) is 17.2. The molecule has 0 saturated carbocycles. The van der Waals surface area contributed by atoms with Crippen LogP contribution in [0.3, 0.4) is 0 Å². The lowest BCUT2D eigenvalue weighted by atomic mass is 10.2. The topological polar surface area (TPSA) is 127 Å². The van der Waals surface area contributed by atoms with E-state index in [1.807, 2.05) is 0 Å². The van der Waals surface area contributed by atoms with Gasteiger partial charge in [0.25, 0.3) is 5.56 Å². The van der Waals surface area contributed by atoms with Crippen molar-refractivity contribution in [3.8, 4) is 0 Å². The van der Waals surface area contributed by atoms with Gasteiger partial charge < -0.3 is 20.8 Å². The van der Waals surface area contributed by atoms with Gasteiger partial charge >= 0.3 is 12.0 Å². The van der Waals surface area contributed by atoms with Gasteiger partial charge in [0.2, 0.25) is 0 Å². The number of H-pyrrole nitrogens is 1. The van der Waals surface area contributed by atoms with Crippen molar-refractivity contribution in [3.63, 3.8) is 0 Å². The molecule has 1 heterocycles. The fourth-order valence-electron chi connectivity index (χ4n) is 2.41. The van der Waals surface area contributed by atoms with Crippen LogP contribution in [-0.2, 0) is 4.74 Å². The fraction of sp³-hybridized carbons (Fsp3) is 0.111. The molecule has 1 atom stereocenters. The summed E-state index contributed by atoms with van der Waals surface area (Å²) in [5.41, 5.74) is 6.00. The molecule has 0 bridgehead atoms. The monoisotopic (exact) mass is 352 g/mol. The summed E-state index contributed by atoms with van der Waals surface area (Å²) < 4.78 is 5.36. The number of aromatic amines is 1. The highest BCUT2D eigenvalue weighted by Crippen LogP contribution is 2.17. The molecule has 1 aromatic heterocycles. The molecule has 26 heavy (non-hydrogen) atoms. The predicted octanol–water partition coefficient (Wildman–Crippen LogP) is 2.33. The van der Waals surface area contributed by atoms with Crippen molar-refractivity contribution >= 4 is 28.6 Å². The SMILES string of the molecule is CC(OC(=O)c1ccc(NC(N)=O)cc1)c1nc2ccccc2c(=O)[nH]1. The number of ether oxygens (including phenoxy) is 1. The number of carbonyl (C=O) groups is 2. The van der Waals surface area contributed by atoms with E-state index < -0.39 is 18.1 Å². The van der Waals surface area contributed by atoms with Gasteiger partial charge in [-0.05, 0) is 43.3 Å². The van der Waals surface area contributed by atoms with E-state index in [-0.39, 0.29) is 16.9 Å². The van der Waals surface area contributed by atoms with Crippen LogP contribution in [0.5, 0.6) is 0 Å². The Morgan fingerprint density at radius 2 is 1.85 bits per heavy atom. The molecule has 0 aliphatic carbocycles. The van der Waals surface area contributed by atoms with Crippen LogP contribution in [0.15, 0.2) is 53.3 Å². The molecular weight excluding hydrogens is 336 g/mol. The fourth-order valence-corrected chi connectivity index (χ4v) is 2.41. The van der Waals surface area contributed by atoms with Crippen molar-refractivity contribution in [3.05, 3.63) is 70.3 Å². The van der Waals surface area contributed by atoms with Gasteiger partial charge in [0.15, 0.2) is 11.9 Å². The zero-order chi connectivity index (χ0) is 18.7. The number of benzene rings is 2. The second-order valence-corrected chi connectivity index (χ2v) is 5.58. The normalized spacial score (nSPS) is 11.7. The van der Waals surface area contributed by atoms with Gasteiger partial charge in [0.1, 0.15) is 0 Å². The number of hydrogen-bond acceptors (Lipinski definition) is 5. The molecule has 8 nitrogen and oxygen atoms in total. The van der Waals surface area contributed by atoms with Gasteiger partial charge in [-0.2, -0.15) is 0 Å². The number of para-hydroxylation sites is 1. The highest BCUT2D eigenvalue weighted by atomic mass is 16.5. The molecule has 0 aliphatic heterocycles. The summed E-state index contributed by atoms with van der Waals surface area (Å²) in [5.74, 6) is -0.326. The quantitative estimate of drug-likeness (QED) is 0.621. The number of nitrogens with one attached hydrogen (secondary N) is 2. The molecule has 132 valence electrons. The molecule has 1 unspecified atom stereocenters. The second kappa shape index (κ2) is 7.06. The van der Waals surface area contributed by atoms with E-state index in [0.29, 0.717) is 16.6 Å². The molecule has 0 spiro atoms. The summed E-state index contributed by atoms with van der Waals surface area (Å²) in [6.07, 6.45) is -0.747. The van der Waals surface area contributed by atoms with Crippen molar-refractivity contribution in [1.82, 2.24) is 9.97 Å². The van der Waals surface area contributed by atoms with Crippen LogP contribution in [-0.4, -0.2) is 22.0 Å². The molecule has 2 aromatic carbocycles. The number of carbonyl (C=O) groups excluding carboxylic acids is 2. The Bertz CT molecular complexity index is 1030. The van der Waals surface area contributed by atoms with E-state index >= 15 is 0 Å². The molecule has 3 rings (SSSR count). The Kier molecular flexibility index (Phi) is 4.66. The summed E-state index contributed by atoms with van der Waals surface area (Å²) in [6.45, 7) is 1.62. The summed E-state index contributed by atoms with van der Waals surface area (Å²) in [6, 6.07) is 12.3. The molecule has 4 N–H and O–H groups in total. The van der Waals surface area contributed by atoms with Gasteiger partial charge in [-0.3, -0.25) is 4.79 Å². The number of esters is 1. The van der Waals surface area contributed by atoms with Crippen molar-refractivity contribution in [2.75, 3.05) is 5.32 Å². The first-order chi connectivity index (χ1) is 12.4. The third-order valence-corrected chi connectivity index (χ3v) is 3.69. The Labute approximate surface area is 148 Å². The van der Waals surface area contributed by atoms with Crippen LogP contribution < -0.4 is 16.6 Å². The number of nitrogens with zero attached hydrogens (tertiary/aromatic N) is 1. The maximum atomic E-state index is 12.3. The van der Waals surface area contributed by atoms with E-state index in [9.17, 15) is 14.4 Å². The first-order valence-electron chi connectivity index (χ1n) is 7.80. The van der Waals surface area contributed by atoms with Gasteiger partial charge in [-0.15, -0.1) is 0 Å². The zero-order valence-corrected chi connectivity index (χ0v) is 13.9. The van der Waals surface area contributed by atoms with Crippen LogP contribution in [0.4, 0.5) is 10.5 Å². The molecule has 8 heteroatoms. The lowest BCUT2D eigenvalue weighted by Gasteiger charge is -2.13. The highest BCUT2D eigenvalue weighted by molar-refractivity contribution is 5.92. The number of nitrogens with two attached hydrogens (primary N) is 1. The molecule has 2 amide bonds.